The molecule has 3 N–H and O–H groups in total. The highest BCUT2D eigenvalue weighted by Crippen LogP contribution is 2.34. The number of hydrogen-bond donors (Lipinski definition) is 2. The average molecular weight is 283 g/mol. The van der Waals surface area contributed by atoms with E-state index in [-0.39, 0.29) is 5.75 Å². The summed E-state index contributed by atoms with van der Waals surface area (Å²) in [5.41, 5.74) is 8.07. The molecule has 0 radical (unpaired) electrons. The van der Waals surface area contributed by atoms with Gasteiger partial charge in [-0.15, -0.1) is 0 Å². The van der Waals surface area contributed by atoms with Crippen LogP contribution in [-0.4, -0.2) is 5.11 Å². The minimum Gasteiger partial charge on any atom is -0.507 e. The predicted molar refractivity (Wildman–Crippen MR) is 81.8 cm³/mol. The predicted octanol–water partition coefficient (Wildman–Crippen LogP) is 3.83. The molecule has 2 aliphatic rings. The molecule has 3 rings (SSSR count). The van der Waals surface area contributed by atoms with Crippen LogP contribution in [0.15, 0.2) is 60.3 Å². The molecule has 0 spiro atoms. The van der Waals surface area contributed by atoms with Crippen LogP contribution in [0.4, 0.5) is 5.69 Å². The third-order valence-electron chi connectivity index (χ3n) is 3.46. The number of nitrogens with two attached hydrogens (primary N) is 1. The molecule has 1 heterocycles. The summed E-state index contributed by atoms with van der Waals surface area (Å²) in [6, 6.07) is 4.95. The Bertz CT molecular complexity index is 648. The fraction of sp³-hybridized carbons (Fsp3) is 0.176. The Morgan fingerprint density at radius 2 is 2.10 bits per heavy atom. The van der Waals surface area contributed by atoms with Crippen LogP contribution < -0.4 is 5.73 Å². The number of rotatable bonds is 3. The minimum absolute atomic E-state index is 0.0711. The Hall–Kier alpha value is -2.62. The monoisotopic (exact) mass is 283 g/mol. The molecule has 0 saturated heterocycles. The number of phenols is 1. The van der Waals surface area contributed by atoms with Gasteiger partial charge in [-0.25, -0.2) is 0 Å². The second-order valence-electron chi connectivity index (χ2n) is 5.01. The van der Waals surface area contributed by atoms with Crippen LogP contribution in [0, 0.1) is 0 Å². The molecule has 1 aromatic rings. The maximum absolute atomic E-state index is 9.88. The van der Waals surface area contributed by atoms with Gasteiger partial charge in [0.25, 0.3) is 0 Å². The van der Waals surface area contributed by atoms with Crippen molar-refractivity contribution in [2.45, 2.75) is 19.3 Å². The number of allylic oxidation sites excluding steroid dienone is 4. The third kappa shape index (κ3) is 2.94. The second kappa shape index (κ2) is 5.79. The summed E-state index contributed by atoms with van der Waals surface area (Å²) in [5, 5.41) is 9.88. The Kier molecular flexibility index (Phi) is 3.69. The maximum Gasteiger partial charge on any atom is 0.174 e. The Morgan fingerprint density at radius 3 is 2.76 bits per heavy atom. The van der Waals surface area contributed by atoms with E-state index in [0.717, 1.165) is 25.0 Å². The van der Waals surface area contributed by atoms with Crippen molar-refractivity contribution in [2.75, 3.05) is 5.73 Å². The van der Waals surface area contributed by atoms with E-state index in [1.54, 1.807) is 24.5 Å². The first-order valence-corrected chi connectivity index (χ1v) is 6.89. The molecule has 21 heavy (non-hydrogen) atoms. The Labute approximate surface area is 123 Å². The number of nitrogen functional groups attached to an aromatic ring is 1. The molecule has 0 unspecified atom stereocenters. The van der Waals surface area contributed by atoms with Gasteiger partial charge in [0.1, 0.15) is 24.0 Å². The normalized spacial score (nSPS) is 17.2. The van der Waals surface area contributed by atoms with Crippen LogP contribution >= 0.6 is 0 Å². The van der Waals surface area contributed by atoms with Crippen molar-refractivity contribution in [3.63, 3.8) is 0 Å². The van der Waals surface area contributed by atoms with Crippen LogP contribution in [0.25, 0.3) is 5.76 Å². The fourth-order valence-electron chi connectivity index (χ4n) is 2.36. The average Bonchev–Trinajstić information content (AvgIpc) is 2.50. The lowest BCUT2D eigenvalue weighted by Crippen LogP contribution is -2.02. The van der Waals surface area contributed by atoms with Crippen LogP contribution in [0.2, 0.25) is 0 Å². The maximum atomic E-state index is 9.88. The topological polar surface area (TPSA) is 64.7 Å². The van der Waals surface area contributed by atoms with Gasteiger partial charge in [-0.1, -0.05) is 29.9 Å². The second-order valence-corrected chi connectivity index (χ2v) is 5.01. The van der Waals surface area contributed by atoms with Crippen molar-refractivity contribution in [1.82, 2.24) is 0 Å². The van der Waals surface area contributed by atoms with Gasteiger partial charge >= 0.3 is 0 Å². The molecule has 1 aliphatic heterocycles. The molecule has 0 bridgehead atoms. The minimum atomic E-state index is 0.0711. The highest BCUT2D eigenvalue weighted by atomic mass is 16.5. The van der Waals surface area contributed by atoms with Gasteiger partial charge < -0.3 is 20.3 Å². The van der Waals surface area contributed by atoms with E-state index < -0.39 is 0 Å². The zero-order valence-electron chi connectivity index (χ0n) is 11.6. The summed E-state index contributed by atoms with van der Waals surface area (Å²) in [6.07, 6.45) is 12.2. The molecule has 0 aromatic heterocycles. The summed E-state index contributed by atoms with van der Waals surface area (Å²) in [6.45, 7) is 0. The molecular weight excluding hydrogens is 266 g/mol. The van der Waals surface area contributed by atoms with Crippen LogP contribution in [-0.2, 0) is 9.47 Å². The summed E-state index contributed by atoms with van der Waals surface area (Å²) >= 11 is 0. The van der Waals surface area contributed by atoms with Crippen LogP contribution in [0.5, 0.6) is 5.75 Å². The molecule has 0 saturated carbocycles. The van der Waals surface area contributed by atoms with E-state index in [2.05, 4.69) is 18.2 Å². The van der Waals surface area contributed by atoms with Gasteiger partial charge in [-0.3, -0.25) is 0 Å². The van der Waals surface area contributed by atoms with Crippen molar-refractivity contribution in [3.05, 3.63) is 65.8 Å². The SMILES string of the molecule is Nc1cccc(O)c1C1=COC(CC2=CC=CCC2)=CO1. The first-order valence-electron chi connectivity index (χ1n) is 6.89. The van der Waals surface area contributed by atoms with Crippen molar-refractivity contribution in [3.8, 4) is 5.75 Å². The summed E-state index contributed by atoms with van der Waals surface area (Å²) in [4.78, 5) is 0. The van der Waals surface area contributed by atoms with Gasteiger partial charge in [-0.05, 0) is 25.0 Å². The molecular formula is C17H17NO3. The highest BCUT2D eigenvalue weighted by Gasteiger charge is 2.17. The number of phenolic OH excluding ortho intramolecular Hbond substituents is 1. The number of hydrogen-bond acceptors (Lipinski definition) is 4. The highest BCUT2D eigenvalue weighted by molar-refractivity contribution is 5.76. The van der Waals surface area contributed by atoms with Gasteiger partial charge in [0, 0.05) is 12.1 Å². The quantitative estimate of drug-likeness (QED) is 0.827. The van der Waals surface area contributed by atoms with E-state index in [9.17, 15) is 5.11 Å². The van der Waals surface area contributed by atoms with E-state index in [1.165, 1.54) is 11.8 Å². The molecule has 108 valence electrons. The van der Waals surface area contributed by atoms with Crippen LogP contribution in [0.1, 0.15) is 24.8 Å². The summed E-state index contributed by atoms with van der Waals surface area (Å²) in [5.74, 6) is 1.22. The lowest BCUT2D eigenvalue weighted by Gasteiger charge is -2.18. The van der Waals surface area contributed by atoms with Crippen molar-refractivity contribution < 1.29 is 14.6 Å². The molecule has 0 amide bonds. The third-order valence-corrected chi connectivity index (χ3v) is 3.46. The van der Waals surface area contributed by atoms with Gasteiger partial charge in [-0.2, -0.15) is 0 Å². The zero-order valence-corrected chi connectivity index (χ0v) is 11.6. The van der Waals surface area contributed by atoms with E-state index >= 15 is 0 Å². The smallest absolute Gasteiger partial charge is 0.174 e. The molecule has 4 heteroatoms. The first-order chi connectivity index (χ1) is 10.2. The zero-order chi connectivity index (χ0) is 14.7. The van der Waals surface area contributed by atoms with Crippen molar-refractivity contribution in [2.24, 2.45) is 0 Å². The first kappa shape index (κ1) is 13.4. The fourth-order valence-corrected chi connectivity index (χ4v) is 2.36. The van der Waals surface area contributed by atoms with E-state index in [0.29, 0.717) is 17.0 Å². The summed E-state index contributed by atoms with van der Waals surface area (Å²) < 4.78 is 11.2. The van der Waals surface area contributed by atoms with Gasteiger partial charge in [0.05, 0.1) is 5.56 Å². The number of aromatic hydroxyl groups is 1. The lowest BCUT2D eigenvalue weighted by molar-refractivity contribution is 0.266. The number of benzene rings is 1. The largest absolute Gasteiger partial charge is 0.507 e. The van der Waals surface area contributed by atoms with Crippen LogP contribution in [0.3, 0.4) is 0 Å². The molecule has 1 aliphatic carbocycles. The molecule has 1 aromatic carbocycles. The molecule has 0 atom stereocenters. The molecule has 4 nitrogen and oxygen atoms in total. The standard InChI is InChI=1S/C17H17NO3/c18-14-7-4-8-15(19)17(14)16-11-20-13(10-21-16)9-12-5-2-1-3-6-12/h1-2,4-5,7-8,10-11,19H,3,6,9,18H2. The number of ether oxygens (including phenoxy) is 2. The summed E-state index contributed by atoms with van der Waals surface area (Å²) in [7, 11) is 0. The van der Waals surface area contributed by atoms with Crippen molar-refractivity contribution >= 4 is 11.4 Å². The van der Waals surface area contributed by atoms with Gasteiger partial charge in [0.15, 0.2) is 5.76 Å². The molecule has 0 fully saturated rings. The van der Waals surface area contributed by atoms with E-state index in [4.69, 9.17) is 15.2 Å². The Morgan fingerprint density at radius 1 is 1.19 bits per heavy atom. The van der Waals surface area contributed by atoms with Gasteiger partial charge in [0.2, 0.25) is 0 Å². The van der Waals surface area contributed by atoms with E-state index in [1.807, 2.05) is 0 Å². The van der Waals surface area contributed by atoms with Crippen molar-refractivity contribution in [1.29, 1.82) is 0 Å². The lowest BCUT2D eigenvalue weighted by atomic mass is 10.0. The Balaban J connectivity index is 1.71. The number of anilines is 1.